The number of rotatable bonds is 5. The van der Waals surface area contributed by atoms with Crippen molar-refractivity contribution in [1.29, 1.82) is 0 Å². The van der Waals surface area contributed by atoms with Crippen LogP contribution in [0.5, 0.6) is 5.88 Å². The minimum atomic E-state index is -4.74. The highest BCUT2D eigenvalue weighted by Crippen LogP contribution is 2.53. The fraction of sp³-hybridized carbons (Fsp3) is 0.579. The summed E-state index contributed by atoms with van der Waals surface area (Å²) in [5, 5.41) is 9.86. The van der Waals surface area contributed by atoms with Crippen molar-refractivity contribution >= 4 is 23.5 Å². The number of pyridine rings is 1. The highest BCUT2D eigenvalue weighted by Gasteiger charge is 2.45. The highest BCUT2D eigenvalue weighted by molar-refractivity contribution is 6.31. The maximum absolute atomic E-state index is 13.0. The lowest BCUT2D eigenvalue weighted by Gasteiger charge is -2.33. The average molecular weight is 460 g/mol. The Bertz CT molecular complexity index is 983. The van der Waals surface area contributed by atoms with Gasteiger partial charge in [0, 0.05) is 13.1 Å². The Balaban J connectivity index is 1.46. The molecule has 12 heteroatoms. The molecule has 31 heavy (non-hydrogen) atoms. The number of piperidine rings is 1. The maximum atomic E-state index is 13.0. The second-order valence-corrected chi connectivity index (χ2v) is 8.38. The number of aromatic nitrogens is 3. The summed E-state index contributed by atoms with van der Waals surface area (Å²) in [4.78, 5) is 18.0. The monoisotopic (exact) mass is 459 g/mol. The van der Waals surface area contributed by atoms with Gasteiger partial charge in [0.05, 0.1) is 12.1 Å². The summed E-state index contributed by atoms with van der Waals surface area (Å²) in [6, 6.07) is 0.339. The van der Waals surface area contributed by atoms with Crippen molar-refractivity contribution in [2.75, 3.05) is 25.5 Å². The number of nitrogens with zero attached hydrogens (tertiary/aromatic N) is 4. The van der Waals surface area contributed by atoms with Gasteiger partial charge in [-0.1, -0.05) is 16.7 Å². The second kappa shape index (κ2) is 7.85. The van der Waals surface area contributed by atoms with Crippen LogP contribution in [0.3, 0.4) is 0 Å². The third-order valence-corrected chi connectivity index (χ3v) is 6.15. The van der Waals surface area contributed by atoms with E-state index in [0.717, 1.165) is 32.0 Å². The van der Waals surface area contributed by atoms with Gasteiger partial charge in [0.2, 0.25) is 11.8 Å². The zero-order valence-corrected chi connectivity index (χ0v) is 17.7. The number of anilines is 1. The number of alkyl halides is 3. The van der Waals surface area contributed by atoms with E-state index in [4.69, 9.17) is 20.8 Å². The number of halogens is 4. The normalized spacial score (nSPS) is 18.7. The summed E-state index contributed by atoms with van der Waals surface area (Å²) < 4.78 is 49.5. The Morgan fingerprint density at radius 2 is 1.97 bits per heavy atom. The van der Waals surface area contributed by atoms with Crippen LogP contribution in [0.1, 0.15) is 38.3 Å². The highest BCUT2D eigenvalue weighted by atomic mass is 35.5. The van der Waals surface area contributed by atoms with Crippen LogP contribution >= 0.6 is 11.6 Å². The fourth-order valence-electron chi connectivity index (χ4n) is 3.77. The van der Waals surface area contributed by atoms with Gasteiger partial charge < -0.3 is 19.4 Å². The van der Waals surface area contributed by atoms with Gasteiger partial charge in [0.15, 0.2) is 5.69 Å². The molecule has 0 radical (unpaired) electrons. The van der Waals surface area contributed by atoms with Gasteiger partial charge in [-0.2, -0.15) is 13.2 Å². The molecular weight excluding hydrogens is 439 g/mol. The van der Waals surface area contributed by atoms with Crippen molar-refractivity contribution in [2.45, 2.75) is 44.8 Å². The summed E-state index contributed by atoms with van der Waals surface area (Å²) in [6.45, 7) is 3.14. The van der Waals surface area contributed by atoms with Crippen LogP contribution in [-0.4, -0.2) is 52.2 Å². The van der Waals surface area contributed by atoms with Gasteiger partial charge >= 0.3 is 12.2 Å². The van der Waals surface area contributed by atoms with E-state index in [1.165, 1.54) is 20.0 Å². The number of ether oxygens (including phenoxy) is 1. The predicted octanol–water partition coefficient (Wildman–Crippen LogP) is 4.02. The Morgan fingerprint density at radius 3 is 2.55 bits per heavy atom. The fourth-order valence-corrected chi connectivity index (χ4v) is 4.03. The average Bonchev–Trinajstić information content (AvgIpc) is 3.31. The number of amides is 1. The van der Waals surface area contributed by atoms with E-state index in [0.29, 0.717) is 5.41 Å². The summed E-state index contributed by atoms with van der Waals surface area (Å²) in [6.07, 6.45) is -0.192. The molecule has 1 atom stereocenters. The molecule has 1 saturated heterocycles. The van der Waals surface area contributed by atoms with Crippen LogP contribution in [0.2, 0.25) is 5.02 Å². The molecule has 2 fully saturated rings. The van der Waals surface area contributed by atoms with Crippen LogP contribution in [-0.2, 0) is 11.0 Å². The lowest BCUT2D eigenvalue weighted by atomic mass is 9.93. The first-order chi connectivity index (χ1) is 14.6. The first-order valence-corrected chi connectivity index (χ1v) is 10.2. The number of carbonyl (C=O) groups is 1. The van der Waals surface area contributed by atoms with E-state index in [2.05, 4.69) is 20.5 Å². The smallest absolute Gasteiger partial charge is 0.434 e. The molecule has 2 aromatic heterocycles. The number of likely N-dealkylation sites (tertiary alicyclic amines) is 1. The van der Waals surface area contributed by atoms with Crippen LogP contribution in [0, 0.1) is 5.41 Å². The zero-order valence-electron chi connectivity index (χ0n) is 16.9. The molecule has 0 unspecified atom stereocenters. The predicted molar refractivity (Wildman–Crippen MR) is 105 cm³/mol. The zero-order chi connectivity index (χ0) is 22.4. The van der Waals surface area contributed by atoms with Gasteiger partial charge in [-0.25, -0.2) is 4.98 Å². The Hall–Kier alpha value is -2.56. The topological polar surface area (TPSA) is 93.4 Å². The van der Waals surface area contributed by atoms with Gasteiger partial charge in [-0.15, -0.1) is 5.10 Å². The largest absolute Gasteiger partial charge is 0.480 e. The molecule has 1 spiro atoms. The number of carbonyl (C=O) groups excluding carboxylic acids is 1. The van der Waals surface area contributed by atoms with Crippen molar-refractivity contribution in [3.8, 4) is 17.3 Å². The number of hydrogen-bond acceptors (Lipinski definition) is 7. The van der Waals surface area contributed by atoms with E-state index in [1.54, 1.807) is 6.92 Å². The van der Waals surface area contributed by atoms with E-state index in [9.17, 15) is 18.0 Å². The van der Waals surface area contributed by atoms with Crippen LogP contribution < -0.4 is 10.1 Å². The number of nitrogens with one attached hydrogen (secondary N) is 1. The molecule has 4 rings (SSSR count). The molecule has 2 aliphatic rings. The van der Waals surface area contributed by atoms with Gasteiger partial charge in [-0.05, 0) is 44.1 Å². The van der Waals surface area contributed by atoms with E-state index < -0.39 is 22.9 Å². The van der Waals surface area contributed by atoms with Crippen LogP contribution in [0.15, 0.2) is 10.5 Å². The summed E-state index contributed by atoms with van der Waals surface area (Å²) in [7, 11) is 1.17. The molecular formula is C19H21ClF3N5O3. The van der Waals surface area contributed by atoms with Gasteiger partial charge in [0.25, 0.3) is 5.89 Å². The van der Waals surface area contributed by atoms with Crippen molar-refractivity contribution in [1.82, 2.24) is 20.1 Å². The molecule has 0 aromatic carbocycles. The van der Waals surface area contributed by atoms with Crippen molar-refractivity contribution in [2.24, 2.45) is 5.41 Å². The Kier molecular flexibility index (Phi) is 5.48. The van der Waals surface area contributed by atoms with Crippen LogP contribution in [0.4, 0.5) is 19.2 Å². The van der Waals surface area contributed by atoms with Crippen molar-refractivity contribution in [3.63, 3.8) is 0 Å². The van der Waals surface area contributed by atoms with E-state index in [1.807, 2.05) is 4.90 Å². The van der Waals surface area contributed by atoms with E-state index >= 15 is 0 Å². The molecule has 1 amide bonds. The van der Waals surface area contributed by atoms with Gasteiger partial charge in [-0.3, -0.25) is 4.79 Å². The van der Waals surface area contributed by atoms with Gasteiger partial charge in [0.1, 0.15) is 11.6 Å². The van der Waals surface area contributed by atoms with Crippen molar-refractivity contribution < 1.29 is 27.1 Å². The molecule has 1 saturated carbocycles. The lowest BCUT2D eigenvalue weighted by molar-refractivity contribution is -0.141. The second-order valence-electron chi connectivity index (χ2n) is 7.98. The minimum absolute atomic E-state index is 0.00536. The molecule has 168 valence electrons. The Morgan fingerprint density at radius 1 is 1.29 bits per heavy atom. The summed E-state index contributed by atoms with van der Waals surface area (Å²) in [5.74, 6) is -0.582. The number of methoxy groups -OCH3 is 1. The van der Waals surface area contributed by atoms with E-state index in [-0.39, 0.29) is 29.3 Å². The third kappa shape index (κ3) is 4.41. The summed E-state index contributed by atoms with van der Waals surface area (Å²) in [5.41, 5.74) is -0.808. The molecule has 1 aliphatic heterocycles. The quantitative estimate of drug-likeness (QED) is 0.721. The minimum Gasteiger partial charge on any atom is -0.480 e. The molecule has 1 aliphatic carbocycles. The Labute approximate surface area is 181 Å². The first-order valence-electron chi connectivity index (χ1n) is 9.83. The first kappa shape index (κ1) is 21.7. The maximum Gasteiger partial charge on any atom is 0.434 e. The SMILES string of the molecule is COc1nc(C(F)(F)F)c(Cl)cc1-c1nnc(N[C@@H](C)C(=O)N2CCC3(CC2)CC3)o1. The van der Waals surface area contributed by atoms with Crippen LogP contribution in [0.25, 0.3) is 11.5 Å². The standard InChI is InChI=1S/C19H21ClF3N5O3/c1-10(16(29)28-7-5-18(3-4-18)6-8-28)24-17-27-26-15(31-17)11-9-12(20)13(19(21,22)23)25-14(11)30-2/h9-10H,3-8H2,1-2H3,(H,24,27)/t10-/m0/s1. The van der Waals surface area contributed by atoms with Crippen molar-refractivity contribution in [3.05, 3.63) is 16.8 Å². The molecule has 8 nitrogen and oxygen atoms in total. The molecule has 0 bridgehead atoms. The third-order valence-electron chi connectivity index (χ3n) is 5.86. The molecule has 1 N–H and O–H groups in total. The molecule has 2 aromatic rings. The summed E-state index contributed by atoms with van der Waals surface area (Å²) >= 11 is 5.74. The number of hydrogen-bond donors (Lipinski definition) is 1. The lowest BCUT2D eigenvalue weighted by Crippen LogP contribution is -2.45. The molecule has 3 heterocycles.